The molecule has 0 unspecified atom stereocenters. The molecule has 0 fully saturated rings. The summed E-state index contributed by atoms with van der Waals surface area (Å²) in [6.45, 7) is 6.21. The second-order valence-electron chi connectivity index (χ2n) is 4.30. The number of anilines is 1. The number of carbonyl (C=O) groups excluding carboxylic acids is 1. The van der Waals surface area contributed by atoms with Crippen LogP contribution < -0.4 is 16.6 Å². The number of carbonyl (C=O) groups is 1. The average Bonchev–Trinajstić information content (AvgIpc) is 2.30. The first-order chi connectivity index (χ1) is 7.95. The Bertz CT molecular complexity index is 451. The topological polar surface area (TPSA) is 77.1 Å². The summed E-state index contributed by atoms with van der Waals surface area (Å²) in [5, 5.41) is 2.70. The van der Waals surface area contributed by atoms with E-state index in [1.807, 2.05) is 20.8 Å². The predicted molar refractivity (Wildman–Crippen MR) is 67.8 cm³/mol. The van der Waals surface area contributed by atoms with Crippen LogP contribution in [0.3, 0.4) is 0 Å². The highest BCUT2D eigenvalue weighted by Gasteiger charge is 2.17. The second kappa shape index (κ2) is 5.63. The molecule has 1 amide bonds. The Balaban J connectivity index is 2.82. The fraction of sp³-hybridized carbons (Fsp3) is 0.500. The monoisotopic (exact) mass is 237 g/mol. The summed E-state index contributed by atoms with van der Waals surface area (Å²) in [6, 6.07) is 2.47. The van der Waals surface area contributed by atoms with E-state index >= 15 is 0 Å². The molecule has 1 aromatic heterocycles. The van der Waals surface area contributed by atoms with Gasteiger partial charge in [-0.25, -0.2) is 0 Å². The maximum absolute atomic E-state index is 11.7. The van der Waals surface area contributed by atoms with E-state index in [2.05, 4.69) is 5.32 Å². The molecule has 0 spiro atoms. The molecular weight excluding hydrogens is 218 g/mol. The molecule has 0 aliphatic rings. The SMILES string of the molecule is CCn1cc(NC(=O)[C@@H](N)C(C)C)ccc1=O. The Morgan fingerprint density at radius 1 is 1.47 bits per heavy atom. The van der Waals surface area contributed by atoms with E-state index in [-0.39, 0.29) is 17.4 Å². The summed E-state index contributed by atoms with van der Waals surface area (Å²) in [5.74, 6) is -0.159. The Morgan fingerprint density at radius 2 is 2.12 bits per heavy atom. The van der Waals surface area contributed by atoms with Crippen LogP contribution in [0.2, 0.25) is 0 Å². The van der Waals surface area contributed by atoms with Crippen LogP contribution in [0.15, 0.2) is 23.1 Å². The number of nitrogens with zero attached hydrogens (tertiary/aromatic N) is 1. The molecule has 0 aliphatic carbocycles. The fourth-order valence-corrected chi connectivity index (χ4v) is 1.38. The minimum absolute atomic E-state index is 0.0760. The van der Waals surface area contributed by atoms with E-state index in [4.69, 9.17) is 5.73 Å². The van der Waals surface area contributed by atoms with E-state index in [1.54, 1.807) is 12.3 Å². The number of pyridine rings is 1. The maximum Gasteiger partial charge on any atom is 0.250 e. The smallest absolute Gasteiger partial charge is 0.250 e. The van der Waals surface area contributed by atoms with Crippen LogP contribution in [0.5, 0.6) is 0 Å². The van der Waals surface area contributed by atoms with Crippen LogP contribution in [0.1, 0.15) is 20.8 Å². The molecule has 94 valence electrons. The lowest BCUT2D eigenvalue weighted by Crippen LogP contribution is -2.40. The Kier molecular flexibility index (Phi) is 4.45. The van der Waals surface area contributed by atoms with Gasteiger partial charge >= 0.3 is 0 Å². The van der Waals surface area contributed by atoms with Crippen LogP contribution >= 0.6 is 0 Å². The lowest BCUT2D eigenvalue weighted by Gasteiger charge is -2.15. The molecular formula is C12H19N3O2. The molecule has 0 bridgehead atoms. The van der Waals surface area contributed by atoms with E-state index in [0.29, 0.717) is 12.2 Å². The fourth-order valence-electron chi connectivity index (χ4n) is 1.38. The molecule has 0 aliphatic heterocycles. The summed E-state index contributed by atoms with van der Waals surface area (Å²) >= 11 is 0. The Hall–Kier alpha value is -1.62. The molecule has 1 atom stereocenters. The number of aryl methyl sites for hydroxylation is 1. The highest BCUT2D eigenvalue weighted by molar-refractivity contribution is 5.94. The molecule has 5 heteroatoms. The second-order valence-corrected chi connectivity index (χ2v) is 4.30. The summed E-state index contributed by atoms with van der Waals surface area (Å²) in [5.41, 5.74) is 6.23. The molecule has 1 rings (SSSR count). The lowest BCUT2D eigenvalue weighted by atomic mass is 10.1. The molecule has 0 saturated heterocycles. The van der Waals surface area contributed by atoms with Gasteiger partial charge in [-0.3, -0.25) is 9.59 Å². The zero-order chi connectivity index (χ0) is 13.0. The normalized spacial score (nSPS) is 12.5. The minimum atomic E-state index is -0.544. The number of nitrogens with one attached hydrogen (secondary N) is 1. The zero-order valence-corrected chi connectivity index (χ0v) is 10.4. The summed E-state index contributed by atoms with van der Waals surface area (Å²) in [6.07, 6.45) is 1.62. The van der Waals surface area contributed by atoms with Gasteiger partial charge in [0.25, 0.3) is 5.56 Å². The van der Waals surface area contributed by atoms with E-state index < -0.39 is 6.04 Å². The van der Waals surface area contributed by atoms with E-state index in [9.17, 15) is 9.59 Å². The van der Waals surface area contributed by atoms with Crippen molar-refractivity contribution in [3.05, 3.63) is 28.7 Å². The molecule has 17 heavy (non-hydrogen) atoms. The van der Waals surface area contributed by atoms with Gasteiger partial charge in [0.15, 0.2) is 0 Å². The maximum atomic E-state index is 11.7. The highest BCUT2D eigenvalue weighted by atomic mass is 16.2. The number of rotatable bonds is 4. The minimum Gasteiger partial charge on any atom is -0.323 e. The molecule has 1 heterocycles. The quantitative estimate of drug-likeness (QED) is 0.812. The van der Waals surface area contributed by atoms with Gasteiger partial charge < -0.3 is 15.6 Å². The van der Waals surface area contributed by atoms with Crippen molar-refractivity contribution in [2.24, 2.45) is 11.7 Å². The van der Waals surface area contributed by atoms with Gasteiger partial charge in [-0.15, -0.1) is 0 Å². The third-order valence-corrected chi connectivity index (χ3v) is 2.61. The van der Waals surface area contributed by atoms with Crippen molar-refractivity contribution in [1.82, 2.24) is 4.57 Å². The molecule has 0 saturated carbocycles. The van der Waals surface area contributed by atoms with E-state index in [1.165, 1.54) is 10.6 Å². The van der Waals surface area contributed by atoms with Gasteiger partial charge in [-0.2, -0.15) is 0 Å². The van der Waals surface area contributed by atoms with Crippen molar-refractivity contribution in [3.63, 3.8) is 0 Å². The van der Waals surface area contributed by atoms with E-state index in [0.717, 1.165) is 0 Å². The standard InChI is InChI=1S/C12H19N3O2/c1-4-15-7-9(5-6-10(15)16)14-12(17)11(13)8(2)3/h5-8,11H,4,13H2,1-3H3,(H,14,17)/t11-/m0/s1. The summed E-state index contributed by atoms with van der Waals surface area (Å²) in [4.78, 5) is 23.1. The van der Waals surface area contributed by atoms with Crippen molar-refractivity contribution in [2.45, 2.75) is 33.4 Å². The third-order valence-electron chi connectivity index (χ3n) is 2.61. The Morgan fingerprint density at radius 3 is 2.65 bits per heavy atom. The third kappa shape index (κ3) is 3.42. The summed E-state index contributed by atoms with van der Waals surface area (Å²) in [7, 11) is 0. The van der Waals surface area contributed by atoms with Crippen LogP contribution in [0, 0.1) is 5.92 Å². The molecule has 3 N–H and O–H groups in total. The first kappa shape index (κ1) is 13.4. The van der Waals surface area contributed by atoms with Crippen LogP contribution in [-0.2, 0) is 11.3 Å². The molecule has 5 nitrogen and oxygen atoms in total. The predicted octanol–water partition coefficient (Wildman–Crippen LogP) is 0.790. The van der Waals surface area contributed by atoms with Gasteiger partial charge in [0.2, 0.25) is 5.91 Å². The Labute approximate surface area is 101 Å². The van der Waals surface area contributed by atoms with Crippen molar-refractivity contribution in [2.75, 3.05) is 5.32 Å². The number of aromatic nitrogens is 1. The highest BCUT2D eigenvalue weighted by Crippen LogP contribution is 2.06. The van der Waals surface area contributed by atoms with Gasteiger partial charge in [0, 0.05) is 18.8 Å². The molecule has 0 radical (unpaired) electrons. The van der Waals surface area contributed by atoms with Crippen molar-refractivity contribution < 1.29 is 4.79 Å². The van der Waals surface area contributed by atoms with Crippen molar-refractivity contribution in [1.29, 1.82) is 0 Å². The lowest BCUT2D eigenvalue weighted by molar-refractivity contribution is -0.118. The summed E-state index contributed by atoms with van der Waals surface area (Å²) < 4.78 is 1.52. The van der Waals surface area contributed by atoms with Gasteiger partial charge in [-0.1, -0.05) is 13.8 Å². The molecule has 1 aromatic rings. The van der Waals surface area contributed by atoms with Crippen LogP contribution in [0.4, 0.5) is 5.69 Å². The first-order valence-corrected chi connectivity index (χ1v) is 5.72. The average molecular weight is 237 g/mol. The first-order valence-electron chi connectivity index (χ1n) is 5.72. The number of hydrogen-bond acceptors (Lipinski definition) is 3. The zero-order valence-electron chi connectivity index (χ0n) is 10.4. The van der Waals surface area contributed by atoms with Crippen LogP contribution in [0.25, 0.3) is 0 Å². The van der Waals surface area contributed by atoms with Gasteiger partial charge in [0.05, 0.1) is 11.7 Å². The number of hydrogen-bond donors (Lipinski definition) is 2. The largest absolute Gasteiger partial charge is 0.323 e. The molecule has 0 aromatic carbocycles. The van der Waals surface area contributed by atoms with Gasteiger partial charge in [-0.05, 0) is 18.9 Å². The van der Waals surface area contributed by atoms with Gasteiger partial charge in [0.1, 0.15) is 0 Å². The number of nitrogens with two attached hydrogens (primary N) is 1. The number of amides is 1. The van der Waals surface area contributed by atoms with Crippen molar-refractivity contribution in [3.8, 4) is 0 Å². The van der Waals surface area contributed by atoms with Crippen LogP contribution in [-0.4, -0.2) is 16.5 Å². The van der Waals surface area contributed by atoms with Crippen molar-refractivity contribution >= 4 is 11.6 Å².